The van der Waals surface area contributed by atoms with E-state index in [4.69, 9.17) is 4.74 Å². The highest BCUT2D eigenvalue weighted by Crippen LogP contribution is 2.18. The van der Waals surface area contributed by atoms with Crippen LogP contribution in [0.15, 0.2) is 4.99 Å². The second-order valence-electron chi connectivity index (χ2n) is 6.26. The van der Waals surface area contributed by atoms with E-state index in [-0.39, 0.29) is 35.9 Å². The number of likely N-dealkylation sites (tertiary alicyclic amines) is 1. The summed E-state index contributed by atoms with van der Waals surface area (Å²) in [6.45, 7) is 7.21. The van der Waals surface area contributed by atoms with Crippen LogP contribution in [-0.4, -0.2) is 88.2 Å². The molecule has 0 aromatic carbocycles. The summed E-state index contributed by atoms with van der Waals surface area (Å²) < 4.78 is 5.31. The number of nitrogens with zero attached hydrogens (tertiary/aromatic N) is 3. The third-order valence-corrected chi connectivity index (χ3v) is 4.19. The number of hydrogen-bond donors (Lipinski definition) is 2. The molecule has 0 aromatic heterocycles. The highest BCUT2D eigenvalue weighted by atomic mass is 127. The van der Waals surface area contributed by atoms with E-state index in [1.165, 1.54) is 0 Å². The fraction of sp³-hybridized carbons (Fsp3) is 0.882. The van der Waals surface area contributed by atoms with Crippen molar-refractivity contribution in [1.29, 1.82) is 0 Å². The first kappa shape index (κ1) is 24.4. The Morgan fingerprint density at radius 2 is 1.96 bits per heavy atom. The Bertz CT molecular complexity index is 393. The van der Waals surface area contributed by atoms with Crippen LogP contribution in [-0.2, 0) is 9.53 Å². The summed E-state index contributed by atoms with van der Waals surface area (Å²) in [5.74, 6) is 1.06. The van der Waals surface area contributed by atoms with Crippen LogP contribution < -0.4 is 10.6 Å². The van der Waals surface area contributed by atoms with Crippen molar-refractivity contribution in [3.05, 3.63) is 0 Å². The SMILES string of the molecule is CCOCCCNC(=NC)NCCCN1CCCC1C(=O)N(C)C.I. The fourth-order valence-corrected chi connectivity index (χ4v) is 2.91. The highest BCUT2D eigenvalue weighted by Gasteiger charge is 2.30. The van der Waals surface area contributed by atoms with Crippen molar-refractivity contribution in [2.24, 2.45) is 4.99 Å². The van der Waals surface area contributed by atoms with Gasteiger partial charge in [0.25, 0.3) is 0 Å². The van der Waals surface area contributed by atoms with Crippen molar-refractivity contribution in [3.8, 4) is 0 Å². The van der Waals surface area contributed by atoms with Gasteiger partial charge in [0.1, 0.15) is 0 Å². The number of halogens is 1. The maximum atomic E-state index is 12.2. The summed E-state index contributed by atoms with van der Waals surface area (Å²) in [6.07, 6.45) is 4.06. The quantitative estimate of drug-likeness (QED) is 0.217. The van der Waals surface area contributed by atoms with Gasteiger partial charge in [-0.25, -0.2) is 0 Å². The first-order valence-electron chi connectivity index (χ1n) is 9.07. The summed E-state index contributed by atoms with van der Waals surface area (Å²) in [5, 5.41) is 6.61. The molecule has 0 aliphatic carbocycles. The largest absolute Gasteiger partial charge is 0.382 e. The smallest absolute Gasteiger partial charge is 0.239 e. The van der Waals surface area contributed by atoms with Crippen LogP contribution in [0.1, 0.15) is 32.6 Å². The maximum absolute atomic E-state index is 12.2. The zero-order chi connectivity index (χ0) is 17.8. The minimum absolute atomic E-state index is 0. The second kappa shape index (κ2) is 14.5. The van der Waals surface area contributed by atoms with Gasteiger partial charge in [-0.3, -0.25) is 14.7 Å². The molecule has 1 saturated heterocycles. The second-order valence-corrected chi connectivity index (χ2v) is 6.26. The molecule has 0 bridgehead atoms. The molecule has 0 aromatic rings. The normalized spacial score (nSPS) is 17.9. The van der Waals surface area contributed by atoms with E-state index in [2.05, 4.69) is 20.5 Å². The minimum Gasteiger partial charge on any atom is -0.382 e. The third kappa shape index (κ3) is 9.60. The van der Waals surface area contributed by atoms with Gasteiger partial charge in [-0.1, -0.05) is 0 Å². The van der Waals surface area contributed by atoms with Crippen LogP contribution in [0.3, 0.4) is 0 Å². The van der Waals surface area contributed by atoms with Gasteiger partial charge in [0, 0.05) is 54.0 Å². The Kier molecular flexibility index (Phi) is 14.2. The van der Waals surface area contributed by atoms with Crippen molar-refractivity contribution < 1.29 is 9.53 Å². The molecular formula is C17H36IN5O2. The number of guanidine groups is 1. The molecule has 0 spiro atoms. The molecule has 1 aliphatic rings. The summed E-state index contributed by atoms with van der Waals surface area (Å²) in [4.78, 5) is 20.4. The van der Waals surface area contributed by atoms with Gasteiger partial charge in [0.05, 0.1) is 6.04 Å². The molecule has 1 unspecified atom stereocenters. The number of carbonyl (C=O) groups is 1. The fourth-order valence-electron chi connectivity index (χ4n) is 2.91. The Balaban J connectivity index is 0.00000576. The lowest BCUT2D eigenvalue weighted by molar-refractivity contribution is -0.133. The average Bonchev–Trinajstić information content (AvgIpc) is 3.04. The van der Waals surface area contributed by atoms with Gasteiger partial charge >= 0.3 is 0 Å². The predicted octanol–water partition coefficient (Wildman–Crippen LogP) is 1.14. The molecule has 1 amide bonds. The Morgan fingerprint density at radius 1 is 1.28 bits per heavy atom. The van der Waals surface area contributed by atoms with Gasteiger partial charge < -0.3 is 20.3 Å². The van der Waals surface area contributed by atoms with Gasteiger partial charge in [-0.15, -0.1) is 24.0 Å². The van der Waals surface area contributed by atoms with E-state index in [0.717, 1.165) is 71.0 Å². The summed E-state index contributed by atoms with van der Waals surface area (Å²) in [7, 11) is 5.45. The molecule has 148 valence electrons. The van der Waals surface area contributed by atoms with Crippen LogP contribution in [0.4, 0.5) is 0 Å². The van der Waals surface area contributed by atoms with E-state index in [0.29, 0.717) is 0 Å². The molecular weight excluding hydrogens is 433 g/mol. The molecule has 1 rings (SSSR count). The van der Waals surface area contributed by atoms with Gasteiger partial charge in [0.15, 0.2) is 5.96 Å². The van der Waals surface area contributed by atoms with Crippen molar-refractivity contribution in [2.75, 3.05) is 60.5 Å². The Labute approximate surface area is 170 Å². The van der Waals surface area contributed by atoms with E-state index in [1.807, 2.05) is 21.0 Å². The third-order valence-electron chi connectivity index (χ3n) is 4.19. The molecule has 2 N–H and O–H groups in total. The standard InChI is InChI=1S/C17H35N5O2.HI/c1-5-24-14-8-11-20-17(18-2)19-10-7-13-22-12-6-9-15(22)16(23)21(3)4;/h15H,5-14H2,1-4H3,(H2,18,19,20);1H. The predicted molar refractivity (Wildman–Crippen MR) is 114 cm³/mol. The number of amides is 1. The highest BCUT2D eigenvalue weighted by molar-refractivity contribution is 14.0. The van der Waals surface area contributed by atoms with Crippen molar-refractivity contribution in [3.63, 3.8) is 0 Å². The van der Waals surface area contributed by atoms with E-state index in [9.17, 15) is 4.79 Å². The molecule has 1 atom stereocenters. The van der Waals surface area contributed by atoms with Gasteiger partial charge in [0.2, 0.25) is 5.91 Å². The summed E-state index contributed by atoms with van der Waals surface area (Å²) in [6, 6.07) is 0.0657. The number of likely N-dealkylation sites (N-methyl/N-ethyl adjacent to an activating group) is 1. The van der Waals surface area contributed by atoms with Crippen LogP contribution >= 0.6 is 24.0 Å². The molecule has 25 heavy (non-hydrogen) atoms. The molecule has 8 heteroatoms. The zero-order valence-electron chi connectivity index (χ0n) is 16.2. The first-order chi connectivity index (χ1) is 11.6. The van der Waals surface area contributed by atoms with Crippen LogP contribution in [0.5, 0.6) is 0 Å². The van der Waals surface area contributed by atoms with Crippen LogP contribution in [0.2, 0.25) is 0 Å². The average molecular weight is 469 g/mol. The molecule has 1 aliphatic heterocycles. The molecule has 7 nitrogen and oxygen atoms in total. The van der Waals surface area contributed by atoms with Crippen molar-refractivity contribution in [1.82, 2.24) is 20.4 Å². The summed E-state index contributed by atoms with van der Waals surface area (Å²) in [5.41, 5.74) is 0. The van der Waals surface area contributed by atoms with E-state index in [1.54, 1.807) is 11.9 Å². The lowest BCUT2D eigenvalue weighted by Crippen LogP contribution is -2.44. The Hall–Kier alpha value is -0.610. The van der Waals surface area contributed by atoms with Crippen molar-refractivity contribution >= 4 is 35.8 Å². The maximum Gasteiger partial charge on any atom is 0.239 e. The number of hydrogen-bond acceptors (Lipinski definition) is 4. The molecule has 1 heterocycles. The molecule has 0 saturated carbocycles. The lowest BCUT2D eigenvalue weighted by atomic mass is 10.2. The number of carbonyl (C=O) groups excluding carboxylic acids is 1. The van der Waals surface area contributed by atoms with E-state index >= 15 is 0 Å². The molecule has 0 radical (unpaired) electrons. The van der Waals surface area contributed by atoms with Crippen LogP contribution in [0, 0.1) is 0 Å². The Morgan fingerprint density at radius 3 is 2.56 bits per heavy atom. The number of rotatable bonds is 10. The monoisotopic (exact) mass is 469 g/mol. The van der Waals surface area contributed by atoms with E-state index < -0.39 is 0 Å². The van der Waals surface area contributed by atoms with Crippen LogP contribution in [0.25, 0.3) is 0 Å². The van der Waals surface area contributed by atoms with Gasteiger partial charge in [-0.2, -0.15) is 0 Å². The lowest BCUT2D eigenvalue weighted by Gasteiger charge is -2.26. The minimum atomic E-state index is 0. The molecule has 1 fully saturated rings. The summed E-state index contributed by atoms with van der Waals surface area (Å²) >= 11 is 0. The number of ether oxygens (including phenoxy) is 1. The number of aliphatic imine (C=N–C) groups is 1. The topological polar surface area (TPSA) is 69.2 Å². The first-order valence-corrected chi connectivity index (χ1v) is 9.07. The zero-order valence-corrected chi connectivity index (χ0v) is 18.5. The number of nitrogens with one attached hydrogen (secondary N) is 2. The van der Waals surface area contributed by atoms with Crippen molar-refractivity contribution in [2.45, 2.75) is 38.6 Å². The van der Waals surface area contributed by atoms with Gasteiger partial charge in [-0.05, 0) is 39.2 Å².